The van der Waals surface area contributed by atoms with Crippen LogP contribution in [0.15, 0.2) is 36.8 Å². The van der Waals surface area contributed by atoms with Crippen molar-refractivity contribution in [1.82, 2.24) is 24.5 Å². The number of halogens is 1. The van der Waals surface area contributed by atoms with Gasteiger partial charge in [0.1, 0.15) is 5.52 Å². The Labute approximate surface area is 191 Å². The number of rotatable bonds is 4. The SMILES string of the molecule is CCn1cc2c(N3C[C@@H](C)N[C@H](C)C3)ccc(C(=O)Nc3cc(F)c4nc(C)cn4c3)c2n1. The Morgan fingerprint density at radius 1 is 1.21 bits per heavy atom. The molecule has 5 rings (SSSR count). The number of fused-ring (bicyclic) bond motifs is 2. The first-order valence-corrected chi connectivity index (χ1v) is 11.3. The second-order valence-electron chi connectivity index (χ2n) is 8.90. The van der Waals surface area contributed by atoms with Gasteiger partial charge in [0, 0.05) is 67.4 Å². The van der Waals surface area contributed by atoms with E-state index in [0.29, 0.717) is 41.1 Å². The molecule has 172 valence electrons. The number of hydrogen-bond acceptors (Lipinski definition) is 5. The van der Waals surface area contributed by atoms with Crippen LogP contribution in [0.2, 0.25) is 0 Å². The van der Waals surface area contributed by atoms with Crippen LogP contribution in [0.3, 0.4) is 0 Å². The lowest BCUT2D eigenvalue weighted by atomic mass is 10.1. The first kappa shape index (κ1) is 21.4. The predicted molar refractivity (Wildman–Crippen MR) is 128 cm³/mol. The van der Waals surface area contributed by atoms with Crippen LogP contribution in [0.1, 0.15) is 36.8 Å². The number of nitrogens with zero attached hydrogens (tertiary/aromatic N) is 5. The standard InChI is InChI=1S/C24H28FN7O/c1-5-32-13-19-21(30-9-14(2)26-15(3)10-30)7-6-18(22(19)29-32)24(33)28-17-8-20(25)23-27-16(4)11-31(23)12-17/h6-8,11-15,26H,5,9-10H2,1-4H3,(H,28,33)/t14-,15-/m1/s1. The number of carbonyl (C=O) groups is 1. The molecule has 1 saturated heterocycles. The zero-order valence-corrected chi connectivity index (χ0v) is 19.3. The van der Waals surface area contributed by atoms with Crippen molar-refractivity contribution in [3.05, 3.63) is 53.9 Å². The van der Waals surface area contributed by atoms with Gasteiger partial charge in [-0.15, -0.1) is 0 Å². The van der Waals surface area contributed by atoms with Crippen LogP contribution in [0, 0.1) is 12.7 Å². The summed E-state index contributed by atoms with van der Waals surface area (Å²) in [5.41, 5.74) is 3.47. The predicted octanol–water partition coefficient (Wildman–Crippen LogP) is 3.59. The molecule has 0 saturated carbocycles. The van der Waals surface area contributed by atoms with E-state index >= 15 is 0 Å². The summed E-state index contributed by atoms with van der Waals surface area (Å²) < 4.78 is 17.9. The Kier molecular flexibility index (Phi) is 5.28. The molecule has 0 bridgehead atoms. The molecular formula is C24H28FN7O. The van der Waals surface area contributed by atoms with Gasteiger partial charge < -0.3 is 19.9 Å². The highest BCUT2D eigenvalue weighted by Gasteiger charge is 2.25. The van der Waals surface area contributed by atoms with E-state index in [-0.39, 0.29) is 11.6 Å². The lowest BCUT2D eigenvalue weighted by Gasteiger charge is -2.38. The van der Waals surface area contributed by atoms with Gasteiger partial charge in [0.15, 0.2) is 11.5 Å². The Bertz CT molecular complexity index is 1350. The third-order valence-electron chi connectivity index (χ3n) is 6.05. The normalized spacial score (nSPS) is 18.9. The fourth-order valence-electron chi connectivity index (χ4n) is 4.73. The quantitative estimate of drug-likeness (QED) is 0.498. The van der Waals surface area contributed by atoms with E-state index in [4.69, 9.17) is 0 Å². The largest absolute Gasteiger partial charge is 0.368 e. The van der Waals surface area contributed by atoms with Gasteiger partial charge in [0.2, 0.25) is 0 Å². The number of benzene rings is 1. The van der Waals surface area contributed by atoms with Crippen LogP contribution < -0.4 is 15.5 Å². The lowest BCUT2D eigenvalue weighted by molar-refractivity contribution is 0.102. The zero-order chi connectivity index (χ0) is 23.3. The van der Waals surface area contributed by atoms with E-state index in [1.54, 1.807) is 23.7 Å². The van der Waals surface area contributed by atoms with Crippen molar-refractivity contribution < 1.29 is 9.18 Å². The van der Waals surface area contributed by atoms with Crippen molar-refractivity contribution in [1.29, 1.82) is 0 Å². The third kappa shape index (κ3) is 3.93. The summed E-state index contributed by atoms with van der Waals surface area (Å²) in [4.78, 5) is 19.8. The van der Waals surface area contributed by atoms with Crippen molar-refractivity contribution in [3.63, 3.8) is 0 Å². The van der Waals surface area contributed by atoms with E-state index < -0.39 is 5.82 Å². The minimum Gasteiger partial charge on any atom is -0.368 e. The maximum atomic E-state index is 14.5. The highest BCUT2D eigenvalue weighted by molar-refractivity contribution is 6.13. The van der Waals surface area contributed by atoms with Gasteiger partial charge in [-0.3, -0.25) is 9.48 Å². The molecule has 2 N–H and O–H groups in total. The highest BCUT2D eigenvalue weighted by atomic mass is 19.1. The topological polar surface area (TPSA) is 79.5 Å². The molecule has 3 aromatic heterocycles. The van der Waals surface area contributed by atoms with Crippen LogP contribution in [-0.2, 0) is 6.54 Å². The summed E-state index contributed by atoms with van der Waals surface area (Å²) in [6.45, 7) is 10.6. The van der Waals surface area contributed by atoms with Crippen molar-refractivity contribution in [3.8, 4) is 0 Å². The number of hydrogen-bond donors (Lipinski definition) is 2. The molecule has 9 heteroatoms. The lowest BCUT2D eigenvalue weighted by Crippen LogP contribution is -2.54. The molecule has 1 fully saturated rings. The van der Waals surface area contributed by atoms with Crippen LogP contribution in [0.4, 0.5) is 15.8 Å². The summed E-state index contributed by atoms with van der Waals surface area (Å²) in [7, 11) is 0. The number of pyridine rings is 1. The molecule has 2 atom stereocenters. The first-order chi connectivity index (χ1) is 15.8. The van der Waals surface area contributed by atoms with Crippen LogP contribution in [0.5, 0.6) is 0 Å². The molecule has 8 nitrogen and oxygen atoms in total. The summed E-state index contributed by atoms with van der Waals surface area (Å²) >= 11 is 0. The Hall–Kier alpha value is -3.46. The van der Waals surface area contributed by atoms with Crippen LogP contribution in [-0.4, -0.2) is 50.2 Å². The minimum atomic E-state index is -0.487. The molecule has 0 spiro atoms. The Morgan fingerprint density at radius 2 is 1.97 bits per heavy atom. The summed E-state index contributed by atoms with van der Waals surface area (Å²) in [5.74, 6) is -0.816. The molecule has 0 radical (unpaired) electrons. The van der Waals surface area contributed by atoms with Crippen molar-refractivity contribution in [2.75, 3.05) is 23.3 Å². The molecule has 1 aliphatic rings. The third-order valence-corrected chi connectivity index (χ3v) is 6.05. The van der Waals surface area contributed by atoms with Gasteiger partial charge in [-0.05, 0) is 39.8 Å². The van der Waals surface area contributed by atoms with E-state index in [1.807, 2.05) is 29.9 Å². The number of aromatic nitrogens is 4. The molecule has 1 aromatic carbocycles. The molecular weight excluding hydrogens is 421 g/mol. The van der Waals surface area contributed by atoms with Crippen LogP contribution in [0.25, 0.3) is 16.6 Å². The van der Waals surface area contributed by atoms with Gasteiger partial charge in [-0.25, -0.2) is 9.37 Å². The smallest absolute Gasteiger partial charge is 0.257 e. The van der Waals surface area contributed by atoms with Crippen molar-refractivity contribution in [2.45, 2.75) is 46.3 Å². The number of anilines is 2. The summed E-state index contributed by atoms with van der Waals surface area (Å²) in [6.07, 6.45) is 5.38. The van der Waals surface area contributed by atoms with Gasteiger partial charge in [0.25, 0.3) is 5.91 Å². The number of carbonyl (C=O) groups excluding carboxylic acids is 1. The summed E-state index contributed by atoms with van der Waals surface area (Å²) in [6, 6.07) is 5.83. The van der Waals surface area contributed by atoms with Crippen molar-refractivity contribution in [2.24, 2.45) is 0 Å². The second-order valence-corrected chi connectivity index (χ2v) is 8.90. The monoisotopic (exact) mass is 449 g/mol. The van der Waals surface area contributed by atoms with E-state index in [1.165, 1.54) is 6.07 Å². The number of aryl methyl sites for hydroxylation is 2. The Morgan fingerprint density at radius 3 is 2.70 bits per heavy atom. The fourth-order valence-corrected chi connectivity index (χ4v) is 4.73. The number of piperazine rings is 1. The number of imidazole rings is 1. The van der Waals surface area contributed by atoms with Gasteiger partial charge in [-0.1, -0.05) is 0 Å². The highest BCUT2D eigenvalue weighted by Crippen LogP contribution is 2.31. The Balaban J connectivity index is 1.52. The maximum Gasteiger partial charge on any atom is 0.257 e. The van der Waals surface area contributed by atoms with E-state index in [2.05, 4.69) is 39.5 Å². The second kappa shape index (κ2) is 8.15. The van der Waals surface area contributed by atoms with Gasteiger partial charge >= 0.3 is 0 Å². The molecule has 0 aliphatic carbocycles. The number of amides is 1. The average Bonchev–Trinajstić information content (AvgIpc) is 3.35. The number of nitrogens with one attached hydrogen (secondary N) is 2. The molecule has 4 aromatic rings. The van der Waals surface area contributed by atoms with Crippen molar-refractivity contribution >= 4 is 33.8 Å². The maximum absolute atomic E-state index is 14.5. The first-order valence-electron chi connectivity index (χ1n) is 11.3. The van der Waals surface area contributed by atoms with E-state index in [9.17, 15) is 9.18 Å². The molecule has 0 unspecified atom stereocenters. The molecule has 1 amide bonds. The minimum absolute atomic E-state index is 0.235. The fraction of sp³-hybridized carbons (Fsp3) is 0.375. The average molecular weight is 450 g/mol. The van der Waals surface area contributed by atoms with Gasteiger partial charge in [-0.2, -0.15) is 5.10 Å². The molecule has 33 heavy (non-hydrogen) atoms. The van der Waals surface area contributed by atoms with Gasteiger partial charge in [0.05, 0.1) is 16.9 Å². The van der Waals surface area contributed by atoms with Crippen LogP contribution >= 0.6 is 0 Å². The molecule has 4 heterocycles. The zero-order valence-electron chi connectivity index (χ0n) is 19.3. The molecule has 1 aliphatic heterocycles. The van der Waals surface area contributed by atoms with E-state index in [0.717, 1.165) is 24.2 Å². The summed E-state index contributed by atoms with van der Waals surface area (Å²) in [5, 5.41) is 12.0.